The van der Waals surface area contributed by atoms with Gasteiger partial charge < -0.3 is 10.1 Å². The van der Waals surface area contributed by atoms with Crippen LogP contribution in [0.5, 0.6) is 5.75 Å². The molecule has 0 radical (unpaired) electrons. The van der Waals surface area contributed by atoms with Crippen LogP contribution >= 0.6 is 23.8 Å². The first-order chi connectivity index (χ1) is 12.0. The Kier molecular flexibility index (Phi) is 7.22. The molecule has 132 valence electrons. The van der Waals surface area contributed by atoms with E-state index in [0.717, 1.165) is 23.3 Å². The molecule has 0 unspecified atom stereocenters. The molecule has 0 saturated heterocycles. The monoisotopic (exact) mass is 376 g/mol. The van der Waals surface area contributed by atoms with Crippen molar-refractivity contribution in [2.24, 2.45) is 0 Å². The number of nitrogens with one attached hydrogen (secondary N) is 2. The average molecular weight is 377 g/mol. The van der Waals surface area contributed by atoms with Gasteiger partial charge in [0.25, 0.3) is 5.91 Å². The molecule has 0 heterocycles. The molecule has 2 aromatic rings. The Morgan fingerprint density at radius 2 is 1.92 bits per heavy atom. The van der Waals surface area contributed by atoms with Crippen molar-refractivity contribution in [3.05, 3.63) is 64.2 Å². The normalized spacial score (nSPS) is 10.2. The van der Waals surface area contributed by atoms with Gasteiger partial charge in [0.15, 0.2) is 5.11 Å². The summed E-state index contributed by atoms with van der Waals surface area (Å²) in [7, 11) is 0. The fourth-order valence-electron chi connectivity index (χ4n) is 2.27. The topological polar surface area (TPSA) is 50.4 Å². The Hall–Kier alpha value is -2.11. The Bertz CT molecular complexity index is 765. The average Bonchev–Trinajstić information content (AvgIpc) is 2.56. The van der Waals surface area contributed by atoms with Gasteiger partial charge in [0.2, 0.25) is 0 Å². The van der Waals surface area contributed by atoms with Gasteiger partial charge in [-0.1, -0.05) is 29.8 Å². The highest BCUT2D eigenvalue weighted by Crippen LogP contribution is 2.21. The molecule has 6 heteroatoms. The molecule has 0 spiro atoms. The lowest BCUT2D eigenvalue weighted by Crippen LogP contribution is -2.40. The number of amides is 1. The maximum absolute atomic E-state index is 12.1. The van der Waals surface area contributed by atoms with Gasteiger partial charge in [-0.3, -0.25) is 10.1 Å². The molecule has 0 aliphatic rings. The minimum Gasteiger partial charge on any atom is -0.493 e. The van der Waals surface area contributed by atoms with Gasteiger partial charge in [0.1, 0.15) is 5.75 Å². The molecule has 0 aliphatic heterocycles. The maximum atomic E-state index is 12.1. The first-order valence-corrected chi connectivity index (χ1v) is 8.80. The molecule has 0 aromatic heterocycles. The molecule has 2 rings (SSSR count). The number of hydrogen-bond donors (Lipinski definition) is 2. The molecule has 25 heavy (non-hydrogen) atoms. The SMILES string of the molecule is Cc1cc(Cl)ccc1OCCCNC(=S)NC(=O)c1ccccc1C. The standard InChI is InChI=1S/C19H21ClN2O2S/c1-13-6-3-4-7-16(13)18(23)22-19(25)21-10-5-11-24-17-9-8-15(20)12-14(17)2/h3-4,6-9,12H,5,10-11H2,1-2H3,(H2,21,22,23,25). The van der Waals surface area contributed by atoms with Crippen LogP contribution in [0.15, 0.2) is 42.5 Å². The Labute approximate surface area is 158 Å². The van der Waals surface area contributed by atoms with Crippen molar-refractivity contribution in [2.75, 3.05) is 13.2 Å². The first kappa shape index (κ1) is 19.2. The third-order valence-electron chi connectivity index (χ3n) is 3.62. The number of halogens is 1. The minimum atomic E-state index is -0.205. The van der Waals surface area contributed by atoms with E-state index in [-0.39, 0.29) is 5.91 Å². The van der Waals surface area contributed by atoms with Crippen LogP contribution < -0.4 is 15.4 Å². The third kappa shape index (κ3) is 6.03. The number of carbonyl (C=O) groups excluding carboxylic acids is 1. The summed E-state index contributed by atoms with van der Waals surface area (Å²) < 4.78 is 5.71. The van der Waals surface area contributed by atoms with E-state index in [1.807, 2.05) is 44.2 Å². The summed E-state index contributed by atoms with van der Waals surface area (Å²) in [5, 5.41) is 6.71. The van der Waals surface area contributed by atoms with E-state index in [4.69, 9.17) is 28.6 Å². The summed E-state index contributed by atoms with van der Waals surface area (Å²) in [5.74, 6) is 0.614. The summed E-state index contributed by atoms with van der Waals surface area (Å²) >= 11 is 11.1. The molecule has 4 nitrogen and oxygen atoms in total. The molecule has 0 aliphatic carbocycles. The summed E-state index contributed by atoms with van der Waals surface area (Å²) in [4.78, 5) is 12.1. The van der Waals surface area contributed by atoms with Gasteiger partial charge >= 0.3 is 0 Å². The van der Waals surface area contributed by atoms with Crippen LogP contribution in [0.1, 0.15) is 27.9 Å². The Morgan fingerprint density at radius 1 is 1.16 bits per heavy atom. The quantitative estimate of drug-likeness (QED) is 0.590. The van der Waals surface area contributed by atoms with Crippen molar-refractivity contribution in [2.45, 2.75) is 20.3 Å². The second-order valence-electron chi connectivity index (χ2n) is 5.64. The van der Waals surface area contributed by atoms with Gasteiger partial charge in [-0.2, -0.15) is 0 Å². The second kappa shape index (κ2) is 9.39. The zero-order valence-corrected chi connectivity index (χ0v) is 15.8. The molecular formula is C19H21ClN2O2S. The number of benzene rings is 2. The maximum Gasteiger partial charge on any atom is 0.257 e. The smallest absolute Gasteiger partial charge is 0.257 e. The van der Waals surface area contributed by atoms with Gasteiger partial charge in [0.05, 0.1) is 6.61 Å². The van der Waals surface area contributed by atoms with Crippen LogP contribution in [-0.2, 0) is 0 Å². The van der Waals surface area contributed by atoms with E-state index in [2.05, 4.69) is 10.6 Å². The molecule has 1 amide bonds. The van der Waals surface area contributed by atoms with Crippen molar-refractivity contribution in [1.82, 2.24) is 10.6 Å². The molecule has 0 saturated carbocycles. The fourth-order valence-corrected chi connectivity index (χ4v) is 2.69. The van der Waals surface area contributed by atoms with E-state index < -0.39 is 0 Å². The number of hydrogen-bond acceptors (Lipinski definition) is 3. The number of carbonyl (C=O) groups is 1. The third-order valence-corrected chi connectivity index (χ3v) is 4.10. The molecule has 2 aromatic carbocycles. The van der Waals surface area contributed by atoms with Crippen LogP contribution in [-0.4, -0.2) is 24.2 Å². The van der Waals surface area contributed by atoms with Crippen LogP contribution in [0, 0.1) is 13.8 Å². The zero-order chi connectivity index (χ0) is 18.2. The summed E-state index contributed by atoms with van der Waals surface area (Å²) in [6, 6.07) is 12.9. The fraction of sp³-hybridized carbons (Fsp3) is 0.263. The van der Waals surface area contributed by atoms with E-state index in [1.54, 1.807) is 12.1 Å². The van der Waals surface area contributed by atoms with E-state index in [9.17, 15) is 4.79 Å². The number of thiocarbonyl (C=S) groups is 1. The molecule has 0 fully saturated rings. The molecule has 0 atom stereocenters. The van der Waals surface area contributed by atoms with E-state index >= 15 is 0 Å². The highest BCUT2D eigenvalue weighted by atomic mass is 35.5. The number of rotatable bonds is 6. The van der Waals surface area contributed by atoms with E-state index in [1.165, 1.54) is 0 Å². The minimum absolute atomic E-state index is 0.205. The predicted octanol–water partition coefficient (Wildman–Crippen LogP) is 4.03. The molecular weight excluding hydrogens is 356 g/mol. The van der Waals surface area contributed by atoms with Gasteiger partial charge in [-0.05, 0) is 67.9 Å². The summed E-state index contributed by atoms with van der Waals surface area (Å²) in [6.07, 6.45) is 0.752. The summed E-state index contributed by atoms with van der Waals surface area (Å²) in [5.41, 5.74) is 2.53. The lowest BCUT2D eigenvalue weighted by Gasteiger charge is -2.12. The predicted molar refractivity (Wildman–Crippen MR) is 106 cm³/mol. The van der Waals surface area contributed by atoms with Gasteiger partial charge in [-0.25, -0.2) is 0 Å². The Morgan fingerprint density at radius 3 is 2.64 bits per heavy atom. The lowest BCUT2D eigenvalue weighted by molar-refractivity contribution is 0.0976. The van der Waals surface area contributed by atoms with Crippen molar-refractivity contribution in [1.29, 1.82) is 0 Å². The zero-order valence-electron chi connectivity index (χ0n) is 14.3. The number of ether oxygens (including phenoxy) is 1. The second-order valence-corrected chi connectivity index (χ2v) is 6.48. The van der Waals surface area contributed by atoms with Crippen LogP contribution in [0.2, 0.25) is 5.02 Å². The Balaban J connectivity index is 1.68. The lowest BCUT2D eigenvalue weighted by atomic mass is 10.1. The van der Waals surface area contributed by atoms with Crippen molar-refractivity contribution >= 4 is 34.8 Å². The largest absolute Gasteiger partial charge is 0.493 e. The van der Waals surface area contributed by atoms with Gasteiger partial charge in [0, 0.05) is 17.1 Å². The van der Waals surface area contributed by atoms with Crippen LogP contribution in [0.3, 0.4) is 0 Å². The van der Waals surface area contributed by atoms with Crippen LogP contribution in [0.4, 0.5) is 0 Å². The highest BCUT2D eigenvalue weighted by molar-refractivity contribution is 7.80. The summed E-state index contributed by atoms with van der Waals surface area (Å²) in [6.45, 7) is 5.00. The van der Waals surface area contributed by atoms with E-state index in [0.29, 0.717) is 28.9 Å². The molecule has 2 N–H and O–H groups in total. The molecule has 0 bridgehead atoms. The van der Waals surface area contributed by atoms with Crippen molar-refractivity contribution in [3.8, 4) is 5.75 Å². The van der Waals surface area contributed by atoms with Crippen LogP contribution in [0.25, 0.3) is 0 Å². The highest BCUT2D eigenvalue weighted by Gasteiger charge is 2.09. The first-order valence-electron chi connectivity index (χ1n) is 8.01. The number of aryl methyl sites for hydroxylation is 2. The van der Waals surface area contributed by atoms with Gasteiger partial charge in [-0.15, -0.1) is 0 Å². The van der Waals surface area contributed by atoms with Crippen molar-refractivity contribution < 1.29 is 9.53 Å². The van der Waals surface area contributed by atoms with Crippen molar-refractivity contribution in [3.63, 3.8) is 0 Å².